The minimum atomic E-state index is -3.67. The van der Waals surface area contributed by atoms with E-state index in [2.05, 4.69) is 0 Å². The van der Waals surface area contributed by atoms with Gasteiger partial charge in [0.05, 0.1) is 19.5 Å². The molecule has 8 heteroatoms. The van der Waals surface area contributed by atoms with Gasteiger partial charge in [-0.15, -0.1) is 0 Å². The summed E-state index contributed by atoms with van der Waals surface area (Å²) in [7, 11) is -3.67. The molecule has 0 unspecified atom stereocenters. The van der Waals surface area contributed by atoms with Gasteiger partial charge in [-0.3, -0.25) is 4.55 Å². The van der Waals surface area contributed by atoms with E-state index < -0.39 is 10.1 Å². The summed E-state index contributed by atoms with van der Waals surface area (Å²) >= 11 is 0. The van der Waals surface area contributed by atoms with E-state index in [9.17, 15) is 8.42 Å². The summed E-state index contributed by atoms with van der Waals surface area (Å²) in [6.07, 6.45) is 8.19. The van der Waals surface area contributed by atoms with E-state index in [0.29, 0.717) is 6.26 Å². The normalized spacial score (nSPS) is 17.6. The first-order chi connectivity index (χ1) is 15.7. The number of hydrogen-bond donors (Lipinski definition) is 3. The highest BCUT2D eigenvalue weighted by atomic mass is 32.2. The third kappa shape index (κ3) is 10.1. The highest BCUT2D eigenvalue weighted by Crippen LogP contribution is 2.40. The average Bonchev–Trinajstić information content (AvgIpc) is 2.74. The summed E-state index contributed by atoms with van der Waals surface area (Å²) in [5, 5.41) is 0. The smallest absolute Gasteiger partial charge is 0.261 e. The third-order valence-electron chi connectivity index (χ3n) is 6.27. The molecule has 0 aliphatic heterocycles. The number of rotatable bonds is 8. The molecule has 0 heterocycles. The van der Waals surface area contributed by atoms with Crippen molar-refractivity contribution in [3.8, 4) is 11.5 Å². The number of ether oxygens (including phenoxy) is 2. The van der Waals surface area contributed by atoms with Crippen LogP contribution >= 0.6 is 0 Å². The van der Waals surface area contributed by atoms with Gasteiger partial charge in [0.25, 0.3) is 10.1 Å². The van der Waals surface area contributed by atoms with Gasteiger partial charge in [0, 0.05) is 23.9 Å². The zero-order valence-electron chi connectivity index (χ0n) is 19.5. The van der Waals surface area contributed by atoms with Crippen molar-refractivity contribution in [2.24, 2.45) is 22.3 Å². The maximum absolute atomic E-state index is 9.19. The number of benzene rings is 2. The lowest BCUT2D eigenvalue weighted by atomic mass is 9.69. The Morgan fingerprint density at radius 3 is 1.27 bits per heavy atom. The first-order valence-corrected chi connectivity index (χ1v) is 13.2. The van der Waals surface area contributed by atoms with Gasteiger partial charge < -0.3 is 20.9 Å². The van der Waals surface area contributed by atoms with E-state index in [1.807, 2.05) is 60.7 Å². The van der Waals surface area contributed by atoms with E-state index in [1.165, 1.54) is 38.5 Å². The van der Waals surface area contributed by atoms with Crippen molar-refractivity contribution in [3.63, 3.8) is 0 Å². The van der Waals surface area contributed by atoms with Crippen molar-refractivity contribution in [1.82, 2.24) is 0 Å². The molecule has 4 rings (SSSR count). The molecule has 7 nitrogen and oxygen atoms in total. The molecule has 2 aromatic carbocycles. The fourth-order valence-corrected chi connectivity index (χ4v) is 3.67. The zero-order valence-corrected chi connectivity index (χ0v) is 20.3. The molecule has 0 spiro atoms. The molecular formula is C25H38N2O5S. The van der Waals surface area contributed by atoms with Crippen LogP contribution in [0.25, 0.3) is 0 Å². The van der Waals surface area contributed by atoms with Crippen molar-refractivity contribution in [2.75, 3.05) is 32.6 Å². The monoisotopic (exact) mass is 478 g/mol. The Labute approximate surface area is 198 Å². The number of nitrogens with two attached hydrogens (primary N) is 2. The van der Waals surface area contributed by atoms with Gasteiger partial charge in [0.1, 0.15) is 11.5 Å². The van der Waals surface area contributed by atoms with E-state index in [0.717, 1.165) is 37.8 Å². The van der Waals surface area contributed by atoms with Crippen molar-refractivity contribution in [3.05, 3.63) is 60.7 Å². The predicted molar refractivity (Wildman–Crippen MR) is 132 cm³/mol. The van der Waals surface area contributed by atoms with Gasteiger partial charge in [-0.25, -0.2) is 0 Å². The van der Waals surface area contributed by atoms with Crippen LogP contribution in [0.1, 0.15) is 38.5 Å². The lowest BCUT2D eigenvalue weighted by Gasteiger charge is -2.40. The van der Waals surface area contributed by atoms with Gasteiger partial charge in [-0.1, -0.05) is 49.2 Å². The van der Waals surface area contributed by atoms with Crippen molar-refractivity contribution in [2.45, 2.75) is 38.5 Å². The largest absolute Gasteiger partial charge is 0.493 e. The van der Waals surface area contributed by atoms with Gasteiger partial charge >= 0.3 is 0 Å². The maximum atomic E-state index is 9.19. The number of para-hydroxylation sites is 2. The molecule has 0 atom stereocenters. The number of hydrogen-bond acceptors (Lipinski definition) is 6. The molecule has 0 amide bonds. The SMILES string of the molecule is CS(=O)(=O)O.NCC1(COc2ccccc2)CCC1.NCC1(COc2ccccc2)CCC1. The van der Waals surface area contributed by atoms with Crippen molar-refractivity contribution in [1.29, 1.82) is 0 Å². The lowest BCUT2D eigenvalue weighted by Crippen LogP contribution is -2.42. The molecule has 0 radical (unpaired) electrons. The van der Waals surface area contributed by atoms with E-state index >= 15 is 0 Å². The van der Waals surface area contributed by atoms with Crippen LogP contribution in [-0.4, -0.2) is 45.5 Å². The fourth-order valence-electron chi connectivity index (χ4n) is 3.67. The van der Waals surface area contributed by atoms with Crippen molar-refractivity contribution < 1.29 is 22.4 Å². The summed E-state index contributed by atoms with van der Waals surface area (Å²) in [5.41, 5.74) is 12.1. The Morgan fingerprint density at radius 1 is 0.758 bits per heavy atom. The summed E-state index contributed by atoms with van der Waals surface area (Å²) in [6, 6.07) is 19.9. The molecule has 184 valence electrons. The summed E-state index contributed by atoms with van der Waals surface area (Å²) in [5.74, 6) is 1.90. The molecule has 0 bridgehead atoms. The van der Waals surface area contributed by atoms with Gasteiger partial charge in [-0.05, 0) is 49.9 Å². The van der Waals surface area contributed by atoms with Crippen LogP contribution in [0.2, 0.25) is 0 Å². The van der Waals surface area contributed by atoms with E-state index in [4.69, 9.17) is 25.5 Å². The van der Waals surface area contributed by atoms with Crippen LogP contribution in [0, 0.1) is 10.8 Å². The molecule has 2 aliphatic carbocycles. The Hall–Kier alpha value is -2.13. The van der Waals surface area contributed by atoms with Gasteiger partial charge in [0.2, 0.25) is 0 Å². The Balaban J connectivity index is 0.000000195. The summed E-state index contributed by atoms with van der Waals surface area (Å²) in [4.78, 5) is 0. The van der Waals surface area contributed by atoms with Gasteiger partial charge in [0.15, 0.2) is 0 Å². The minimum Gasteiger partial charge on any atom is -0.493 e. The highest BCUT2D eigenvalue weighted by molar-refractivity contribution is 7.85. The van der Waals surface area contributed by atoms with Crippen LogP contribution in [0.5, 0.6) is 11.5 Å². The van der Waals surface area contributed by atoms with Crippen LogP contribution in [0.4, 0.5) is 0 Å². The molecule has 5 N–H and O–H groups in total. The standard InChI is InChI=1S/2C12H17NO.CH4O3S/c2*13-9-12(7-4-8-12)10-14-11-5-2-1-3-6-11;1-5(2,3)4/h2*1-3,5-6H,4,7-10,13H2;1H3,(H,2,3,4). The highest BCUT2D eigenvalue weighted by Gasteiger charge is 2.37. The molecule has 0 saturated heterocycles. The quantitative estimate of drug-likeness (QED) is 0.492. The van der Waals surface area contributed by atoms with E-state index in [-0.39, 0.29) is 10.8 Å². The maximum Gasteiger partial charge on any atom is 0.261 e. The van der Waals surface area contributed by atoms with Crippen LogP contribution in [-0.2, 0) is 10.1 Å². The van der Waals surface area contributed by atoms with Crippen LogP contribution in [0.3, 0.4) is 0 Å². The summed E-state index contributed by atoms with van der Waals surface area (Å²) < 4.78 is 37.3. The topological polar surface area (TPSA) is 125 Å². The molecule has 2 aliphatic rings. The van der Waals surface area contributed by atoms with Crippen LogP contribution < -0.4 is 20.9 Å². The third-order valence-corrected chi connectivity index (χ3v) is 6.27. The van der Waals surface area contributed by atoms with Gasteiger partial charge in [-0.2, -0.15) is 8.42 Å². The molecule has 2 aromatic rings. The predicted octanol–water partition coefficient (Wildman–Crippen LogP) is 3.89. The molecular weight excluding hydrogens is 440 g/mol. The molecule has 2 saturated carbocycles. The molecule has 2 fully saturated rings. The average molecular weight is 479 g/mol. The lowest BCUT2D eigenvalue weighted by molar-refractivity contribution is 0.0668. The van der Waals surface area contributed by atoms with E-state index in [1.54, 1.807) is 0 Å². The van der Waals surface area contributed by atoms with Crippen LogP contribution in [0.15, 0.2) is 60.7 Å². The second-order valence-electron chi connectivity index (χ2n) is 9.05. The minimum absolute atomic E-state index is 0.274. The second-order valence-corrected chi connectivity index (χ2v) is 10.5. The zero-order chi connectivity index (χ0) is 24.2. The van der Waals surface area contributed by atoms with Crippen molar-refractivity contribution >= 4 is 10.1 Å². The second kappa shape index (κ2) is 12.9. The summed E-state index contributed by atoms with van der Waals surface area (Å²) in [6.45, 7) is 3.04. The molecule has 0 aromatic heterocycles. The fraction of sp³-hybridized carbons (Fsp3) is 0.520. The first-order valence-electron chi connectivity index (χ1n) is 11.4. The Kier molecular flexibility index (Phi) is 10.6. The molecule has 33 heavy (non-hydrogen) atoms. The Morgan fingerprint density at radius 2 is 1.06 bits per heavy atom. The Bertz CT molecular complexity index is 818. The first kappa shape index (κ1) is 27.1.